The Labute approximate surface area is 123 Å². The lowest BCUT2D eigenvalue weighted by atomic mass is 10.2. The first-order valence-electron chi connectivity index (χ1n) is 7.40. The predicted octanol–water partition coefficient (Wildman–Crippen LogP) is 3.39. The molecule has 6 heteroatoms. The Hall–Kier alpha value is -2.11. The van der Waals surface area contributed by atoms with Crippen molar-refractivity contribution in [3.8, 4) is 0 Å². The number of nitro groups is 1. The Morgan fingerprint density at radius 3 is 2.57 bits per heavy atom. The van der Waals surface area contributed by atoms with Crippen LogP contribution in [0.4, 0.5) is 16.2 Å². The van der Waals surface area contributed by atoms with Gasteiger partial charge in [-0.2, -0.15) is 0 Å². The first-order valence-corrected chi connectivity index (χ1v) is 7.40. The van der Waals surface area contributed by atoms with Gasteiger partial charge in [0.25, 0.3) is 5.69 Å². The van der Waals surface area contributed by atoms with E-state index in [1.807, 2.05) is 4.90 Å². The van der Waals surface area contributed by atoms with Gasteiger partial charge < -0.3 is 10.2 Å². The molecule has 21 heavy (non-hydrogen) atoms. The first-order chi connectivity index (χ1) is 10.1. The monoisotopic (exact) mass is 289 g/mol. The van der Waals surface area contributed by atoms with Crippen LogP contribution in [0.5, 0.6) is 0 Å². The number of hydrogen-bond acceptors (Lipinski definition) is 3. The van der Waals surface area contributed by atoms with Crippen LogP contribution in [0, 0.1) is 16.0 Å². The Balaban J connectivity index is 1.76. The molecule has 0 saturated heterocycles. The third-order valence-corrected chi connectivity index (χ3v) is 4.26. The van der Waals surface area contributed by atoms with E-state index in [0.717, 1.165) is 12.8 Å². The number of amides is 2. The third-order valence-electron chi connectivity index (χ3n) is 4.26. The smallest absolute Gasteiger partial charge is 0.319 e. The molecule has 2 fully saturated rings. The maximum atomic E-state index is 12.5. The van der Waals surface area contributed by atoms with Crippen LogP contribution in [0.25, 0.3) is 0 Å². The summed E-state index contributed by atoms with van der Waals surface area (Å²) < 4.78 is 0. The number of rotatable bonds is 5. The van der Waals surface area contributed by atoms with Crippen molar-refractivity contribution >= 4 is 17.4 Å². The average molecular weight is 289 g/mol. The maximum absolute atomic E-state index is 12.5. The summed E-state index contributed by atoms with van der Waals surface area (Å²) in [7, 11) is 0. The van der Waals surface area contributed by atoms with Gasteiger partial charge in [0.1, 0.15) is 5.69 Å². The van der Waals surface area contributed by atoms with Gasteiger partial charge in [-0.05, 0) is 44.6 Å². The molecule has 0 heterocycles. The zero-order valence-electron chi connectivity index (χ0n) is 12.0. The summed E-state index contributed by atoms with van der Waals surface area (Å²) in [6, 6.07) is 6.55. The van der Waals surface area contributed by atoms with Crippen LogP contribution in [0.15, 0.2) is 24.3 Å². The van der Waals surface area contributed by atoms with Crippen LogP contribution in [0.2, 0.25) is 0 Å². The zero-order valence-corrected chi connectivity index (χ0v) is 12.0. The summed E-state index contributed by atoms with van der Waals surface area (Å²) in [4.78, 5) is 25.0. The molecule has 2 aliphatic carbocycles. The molecule has 0 spiro atoms. The van der Waals surface area contributed by atoms with Crippen LogP contribution in [0.1, 0.15) is 32.6 Å². The van der Waals surface area contributed by atoms with Gasteiger partial charge in [-0.3, -0.25) is 10.1 Å². The van der Waals surface area contributed by atoms with Crippen LogP contribution in [-0.2, 0) is 0 Å². The Bertz CT molecular complexity index is 567. The minimum Gasteiger partial charge on any atom is -0.319 e. The summed E-state index contributed by atoms with van der Waals surface area (Å²) in [5, 5.41) is 13.7. The van der Waals surface area contributed by atoms with E-state index in [0.29, 0.717) is 12.0 Å². The second-order valence-corrected chi connectivity index (χ2v) is 5.92. The molecule has 2 aliphatic rings. The van der Waals surface area contributed by atoms with Crippen LogP contribution < -0.4 is 5.32 Å². The molecule has 0 unspecified atom stereocenters. The molecule has 0 aromatic heterocycles. The number of nitro benzene ring substituents is 1. The summed E-state index contributed by atoms with van der Waals surface area (Å²) in [6.07, 6.45) is 4.40. The molecular formula is C15H19N3O3. The predicted molar refractivity (Wildman–Crippen MR) is 79.2 cm³/mol. The van der Waals surface area contributed by atoms with Gasteiger partial charge in [-0.1, -0.05) is 12.1 Å². The van der Waals surface area contributed by atoms with Gasteiger partial charge in [0.2, 0.25) is 0 Å². The molecule has 1 N–H and O–H groups in total. The molecule has 0 aliphatic heterocycles. The fourth-order valence-electron chi connectivity index (χ4n) is 2.76. The van der Waals surface area contributed by atoms with Crippen molar-refractivity contribution in [2.45, 2.75) is 44.7 Å². The van der Waals surface area contributed by atoms with Gasteiger partial charge in [0, 0.05) is 18.2 Å². The molecule has 3 rings (SSSR count). The molecule has 2 amide bonds. The minimum absolute atomic E-state index is 0.0688. The number of carbonyl (C=O) groups excluding carboxylic acids is 1. The minimum atomic E-state index is -0.471. The quantitative estimate of drug-likeness (QED) is 0.666. The normalized spacial score (nSPS) is 18.9. The number of nitrogens with zero attached hydrogens (tertiary/aromatic N) is 2. The number of urea groups is 1. The molecular weight excluding hydrogens is 270 g/mol. The highest BCUT2D eigenvalue weighted by molar-refractivity contribution is 5.92. The topological polar surface area (TPSA) is 75.5 Å². The highest BCUT2D eigenvalue weighted by Gasteiger charge is 2.42. The number of nitrogens with one attached hydrogen (secondary N) is 1. The van der Waals surface area contributed by atoms with Gasteiger partial charge in [-0.15, -0.1) is 0 Å². The van der Waals surface area contributed by atoms with Gasteiger partial charge >= 0.3 is 6.03 Å². The molecule has 2 saturated carbocycles. The van der Waals surface area contributed by atoms with Crippen molar-refractivity contribution in [3.05, 3.63) is 34.4 Å². The lowest BCUT2D eigenvalue weighted by Gasteiger charge is -2.29. The van der Waals surface area contributed by atoms with Gasteiger partial charge in [-0.25, -0.2) is 4.79 Å². The molecule has 1 atom stereocenters. The third kappa shape index (κ3) is 2.99. The number of hydrogen-bond donors (Lipinski definition) is 1. The van der Waals surface area contributed by atoms with E-state index in [1.165, 1.54) is 18.9 Å². The van der Waals surface area contributed by atoms with Gasteiger partial charge in [0.15, 0.2) is 0 Å². The summed E-state index contributed by atoms with van der Waals surface area (Å²) >= 11 is 0. The molecule has 0 bridgehead atoms. The number of carbonyl (C=O) groups is 1. The Kier molecular flexibility index (Phi) is 3.53. The molecule has 6 nitrogen and oxygen atoms in total. The fraction of sp³-hybridized carbons (Fsp3) is 0.533. The standard InChI is InChI=1S/C15H19N3O3/c1-10(11-6-7-11)17(12-8-9-12)15(19)16-13-4-2-3-5-14(13)18(20)21/h2-5,10-12H,6-9H2,1H3,(H,16,19)/t10-/m1/s1. The van der Waals surface area contributed by atoms with Crippen molar-refractivity contribution in [2.75, 3.05) is 5.32 Å². The molecule has 1 aromatic carbocycles. The first kappa shape index (κ1) is 13.9. The molecule has 112 valence electrons. The number of benzene rings is 1. The van der Waals surface area contributed by atoms with Crippen molar-refractivity contribution < 1.29 is 9.72 Å². The summed E-state index contributed by atoms with van der Waals surface area (Å²) in [5.74, 6) is 0.585. The van der Waals surface area contributed by atoms with Crippen LogP contribution in [-0.4, -0.2) is 27.9 Å². The highest BCUT2D eigenvalue weighted by atomic mass is 16.6. The zero-order chi connectivity index (χ0) is 15.0. The van der Waals surface area contributed by atoms with E-state index in [-0.39, 0.29) is 23.4 Å². The SMILES string of the molecule is C[C@H](C1CC1)N(C(=O)Nc1ccccc1[N+](=O)[O-])C1CC1. The maximum Gasteiger partial charge on any atom is 0.322 e. The van der Waals surface area contributed by atoms with Crippen LogP contribution in [0.3, 0.4) is 0 Å². The summed E-state index contributed by atoms with van der Waals surface area (Å²) in [6.45, 7) is 2.08. The van der Waals surface area contributed by atoms with Crippen molar-refractivity contribution in [3.63, 3.8) is 0 Å². The lowest BCUT2D eigenvalue weighted by Crippen LogP contribution is -2.44. The average Bonchev–Trinajstić information content (AvgIpc) is 3.31. The van der Waals surface area contributed by atoms with E-state index in [1.54, 1.807) is 18.2 Å². The lowest BCUT2D eigenvalue weighted by molar-refractivity contribution is -0.383. The van der Waals surface area contributed by atoms with E-state index < -0.39 is 4.92 Å². The van der Waals surface area contributed by atoms with E-state index >= 15 is 0 Å². The van der Waals surface area contributed by atoms with E-state index in [2.05, 4.69) is 12.2 Å². The highest BCUT2D eigenvalue weighted by Crippen LogP contribution is 2.40. The van der Waals surface area contributed by atoms with E-state index in [9.17, 15) is 14.9 Å². The molecule has 0 radical (unpaired) electrons. The van der Waals surface area contributed by atoms with Gasteiger partial charge in [0.05, 0.1) is 4.92 Å². The molecule has 1 aromatic rings. The summed E-state index contributed by atoms with van der Waals surface area (Å²) in [5.41, 5.74) is 0.196. The largest absolute Gasteiger partial charge is 0.322 e. The van der Waals surface area contributed by atoms with Crippen LogP contribution >= 0.6 is 0 Å². The van der Waals surface area contributed by atoms with Crippen molar-refractivity contribution in [1.29, 1.82) is 0 Å². The Morgan fingerprint density at radius 2 is 2.00 bits per heavy atom. The second-order valence-electron chi connectivity index (χ2n) is 5.92. The second kappa shape index (κ2) is 5.35. The number of para-hydroxylation sites is 2. The van der Waals surface area contributed by atoms with Crippen molar-refractivity contribution in [1.82, 2.24) is 4.90 Å². The Morgan fingerprint density at radius 1 is 1.33 bits per heavy atom. The fourth-order valence-corrected chi connectivity index (χ4v) is 2.76. The number of anilines is 1. The van der Waals surface area contributed by atoms with Crippen molar-refractivity contribution in [2.24, 2.45) is 5.92 Å². The van der Waals surface area contributed by atoms with E-state index in [4.69, 9.17) is 0 Å².